The van der Waals surface area contributed by atoms with Gasteiger partial charge in [-0.15, -0.1) is 11.3 Å². The lowest BCUT2D eigenvalue weighted by atomic mass is 10.0. The van der Waals surface area contributed by atoms with Crippen LogP contribution in [0.1, 0.15) is 0 Å². The van der Waals surface area contributed by atoms with Crippen LogP contribution in [-0.4, -0.2) is 18.9 Å². The van der Waals surface area contributed by atoms with E-state index in [1.54, 1.807) is 0 Å². The van der Waals surface area contributed by atoms with Crippen molar-refractivity contribution in [1.82, 2.24) is 18.9 Å². The number of nitrogens with zero attached hydrogens (tertiary/aromatic N) is 4. The van der Waals surface area contributed by atoms with E-state index < -0.39 is 0 Å². The summed E-state index contributed by atoms with van der Waals surface area (Å²) in [5, 5.41) is 13.7. The topological polar surface area (TPSA) is 35.1 Å². The van der Waals surface area contributed by atoms with E-state index in [1.807, 2.05) is 23.5 Å². The van der Waals surface area contributed by atoms with Crippen molar-refractivity contribution in [3.63, 3.8) is 0 Å². The molecule has 0 aliphatic heterocycles. The van der Waals surface area contributed by atoms with E-state index in [1.165, 1.54) is 85.3 Å². The number of hydrogen-bond acceptors (Lipinski definition) is 3. The molecule has 0 bridgehead atoms. The van der Waals surface area contributed by atoms with Gasteiger partial charge >= 0.3 is 0 Å². The van der Waals surface area contributed by atoms with Crippen LogP contribution in [-0.2, 0) is 0 Å². The molecule has 0 aliphatic carbocycles. The van der Waals surface area contributed by atoms with Gasteiger partial charge in [0.05, 0.1) is 33.1 Å². The summed E-state index contributed by atoms with van der Waals surface area (Å²) in [7, 11) is 0. The normalized spacial score (nSPS) is 12.7. The van der Waals surface area contributed by atoms with Gasteiger partial charge in [-0.2, -0.15) is 0 Å². The van der Waals surface area contributed by atoms with Gasteiger partial charge in [0, 0.05) is 58.2 Å². The molecule has 5 aromatic heterocycles. The monoisotopic (exact) mass is 664 g/mol. The fraction of sp³-hybridized carbons (Fsp3) is 0. The summed E-state index contributed by atoms with van der Waals surface area (Å²) in [4.78, 5) is 10.6. The van der Waals surface area contributed by atoms with Gasteiger partial charge in [-0.3, -0.25) is 4.40 Å². The van der Waals surface area contributed by atoms with Crippen molar-refractivity contribution in [2.24, 2.45) is 0 Å². The van der Waals surface area contributed by atoms with Crippen LogP contribution in [0, 0.1) is 0 Å². The van der Waals surface area contributed by atoms with Gasteiger partial charge in [-0.1, -0.05) is 97.1 Å². The van der Waals surface area contributed by atoms with Gasteiger partial charge in [0.2, 0.25) is 0 Å². The van der Waals surface area contributed by atoms with Crippen LogP contribution in [0.5, 0.6) is 0 Å². The van der Waals surface area contributed by atoms with Crippen molar-refractivity contribution in [1.29, 1.82) is 0 Å². The van der Waals surface area contributed by atoms with Crippen LogP contribution in [0.3, 0.4) is 0 Å². The second-order valence-corrected chi connectivity index (χ2v) is 14.9. The van der Waals surface area contributed by atoms with Crippen molar-refractivity contribution in [3.8, 4) is 5.69 Å². The maximum absolute atomic E-state index is 5.32. The second-order valence-electron chi connectivity index (χ2n) is 13.8. The molecule has 13 rings (SSSR count). The third kappa shape index (κ3) is 3.25. The molecule has 13 aromatic rings. The molecule has 5 heteroatoms. The predicted molar refractivity (Wildman–Crippen MR) is 216 cm³/mol. The fourth-order valence-corrected chi connectivity index (χ4v) is 10.1. The third-order valence-corrected chi connectivity index (χ3v) is 12.3. The molecule has 0 radical (unpaired) electrons. The van der Waals surface area contributed by atoms with Crippen LogP contribution in [0.25, 0.3) is 119 Å². The second kappa shape index (κ2) is 9.16. The molecule has 4 nitrogen and oxygen atoms in total. The highest BCUT2D eigenvalue weighted by atomic mass is 32.1. The number of aromatic nitrogens is 4. The molecular weight excluding hydrogens is 641 g/mol. The van der Waals surface area contributed by atoms with E-state index in [2.05, 4.69) is 142 Å². The first-order chi connectivity index (χ1) is 25.3. The maximum Gasteiger partial charge on any atom is 0.165 e. The smallest absolute Gasteiger partial charge is 0.165 e. The maximum atomic E-state index is 5.32. The van der Waals surface area contributed by atoms with E-state index in [-0.39, 0.29) is 0 Å². The Morgan fingerprint density at radius 3 is 2.00 bits per heavy atom. The summed E-state index contributed by atoms with van der Waals surface area (Å²) in [6, 6.07) is 53.3. The van der Waals surface area contributed by atoms with Crippen LogP contribution in [0.15, 0.2) is 146 Å². The van der Waals surface area contributed by atoms with E-state index in [4.69, 9.17) is 9.97 Å². The van der Waals surface area contributed by atoms with Crippen molar-refractivity contribution >= 4 is 124 Å². The number of rotatable bonds is 1. The fourth-order valence-electron chi connectivity index (χ4n) is 9.02. The van der Waals surface area contributed by atoms with Crippen LogP contribution >= 0.6 is 11.3 Å². The highest BCUT2D eigenvalue weighted by Gasteiger charge is 2.24. The van der Waals surface area contributed by atoms with Gasteiger partial charge in [0.25, 0.3) is 0 Å². The summed E-state index contributed by atoms with van der Waals surface area (Å²) in [5.74, 6) is 0. The number of fused-ring (bicyclic) bond motifs is 17. The minimum Gasteiger partial charge on any atom is -0.309 e. The zero-order valence-electron chi connectivity index (χ0n) is 27.1. The van der Waals surface area contributed by atoms with Gasteiger partial charge < -0.3 is 4.57 Å². The van der Waals surface area contributed by atoms with E-state index >= 15 is 0 Å². The van der Waals surface area contributed by atoms with E-state index in [9.17, 15) is 0 Å². The summed E-state index contributed by atoms with van der Waals surface area (Å²) in [6.45, 7) is 0. The van der Waals surface area contributed by atoms with Crippen molar-refractivity contribution in [2.75, 3.05) is 0 Å². The number of thiophene rings is 1. The molecule has 0 atom stereocenters. The van der Waals surface area contributed by atoms with Crippen LogP contribution in [0.4, 0.5) is 0 Å². The molecule has 5 heterocycles. The standard InChI is InChI=1S/C46H24N4S/c1-3-11-28-25(9-1)18-20-38-42(28)34-23-32-30-13-5-8-16-40(30)51-41(32)24-39(34)49(38)27-21-33-31-19-17-26-10-2-4-12-29(26)44(31)50-45(33)35(22-27)43-46(50)48-37-15-7-6-14-36(37)47-43/h1-24H. The van der Waals surface area contributed by atoms with Crippen molar-refractivity contribution < 1.29 is 0 Å². The first-order valence-corrected chi connectivity index (χ1v) is 18.2. The average Bonchev–Trinajstić information content (AvgIpc) is 3.91. The minimum atomic E-state index is 0.900. The molecule has 8 aromatic carbocycles. The van der Waals surface area contributed by atoms with Gasteiger partial charge in [-0.05, 0) is 64.7 Å². The van der Waals surface area contributed by atoms with E-state index in [0.29, 0.717) is 0 Å². The van der Waals surface area contributed by atoms with Gasteiger partial charge in [0.1, 0.15) is 5.52 Å². The predicted octanol–water partition coefficient (Wildman–Crippen LogP) is 12.6. The summed E-state index contributed by atoms with van der Waals surface area (Å²) >= 11 is 1.87. The molecule has 0 spiro atoms. The summed E-state index contributed by atoms with van der Waals surface area (Å²) in [6.07, 6.45) is 0. The molecule has 234 valence electrons. The molecule has 0 saturated heterocycles. The Morgan fingerprint density at radius 1 is 0.431 bits per heavy atom. The Bertz CT molecular complexity index is 3660. The Balaban J connectivity index is 1.26. The number of hydrogen-bond donors (Lipinski definition) is 0. The van der Waals surface area contributed by atoms with Gasteiger partial charge in [0.15, 0.2) is 5.65 Å². The third-order valence-electron chi connectivity index (χ3n) is 11.2. The SMILES string of the molecule is c1ccc2c(c1)ccc1c2c2cc3c(cc2n1-c1cc2c4ccc5ccccc5c4n4c5nc6ccccc6nc5c(c1)c24)sc1ccccc13. The first kappa shape index (κ1) is 26.3. The Labute approximate surface area is 293 Å². The number of benzene rings is 8. The summed E-state index contributed by atoms with van der Waals surface area (Å²) < 4.78 is 7.49. The lowest BCUT2D eigenvalue weighted by molar-refractivity contribution is 1.19. The highest BCUT2D eigenvalue weighted by Crippen LogP contribution is 2.46. The molecule has 0 aliphatic rings. The van der Waals surface area contributed by atoms with Crippen molar-refractivity contribution in [3.05, 3.63) is 146 Å². The number of para-hydroxylation sites is 2. The molecule has 51 heavy (non-hydrogen) atoms. The Morgan fingerprint density at radius 2 is 1.12 bits per heavy atom. The zero-order valence-corrected chi connectivity index (χ0v) is 27.9. The quantitative estimate of drug-likeness (QED) is 0.175. The molecule has 0 saturated carbocycles. The zero-order chi connectivity index (χ0) is 32.9. The molecule has 0 N–H and O–H groups in total. The van der Waals surface area contributed by atoms with Crippen molar-refractivity contribution in [2.45, 2.75) is 0 Å². The van der Waals surface area contributed by atoms with Gasteiger partial charge in [-0.25, -0.2) is 9.97 Å². The Hall–Kier alpha value is -6.56. The minimum absolute atomic E-state index is 0.900. The first-order valence-electron chi connectivity index (χ1n) is 17.3. The van der Waals surface area contributed by atoms with Crippen LogP contribution < -0.4 is 0 Å². The molecule has 0 fully saturated rings. The average molecular weight is 665 g/mol. The molecular formula is C46H24N4S. The summed E-state index contributed by atoms with van der Waals surface area (Å²) in [5.41, 5.74) is 9.55. The largest absolute Gasteiger partial charge is 0.309 e. The lowest BCUT2D eigenvalue weighted by Crippen LogP contribution is -1.94. The highest BCUT2D eigenvalue weighted by molar-refractivity contribution is 7.25. The van der Waals surface area contributed by atoms with Crippen LogP contribution in [0.2, 0.25) is 0 Å². The Kier molecular flexibility index (Phi) is 4.73. The lowest BCUT2D eigenvalue weighted by Gasteiger charge is -2.10. The molecule has 0 unspecified atom stereocenters. The van der Waals surface area contributed by atoms with E-state index in [0.717, 1.165) is 33.3 Å². The molecule has 0 amide bonds.